The van der Waals surface area contributed by atoms with Gasteiger partial charge >= 0.3 is 5.97 Å². The molecule has 1 rings (SSSR count). The fourth-order valence-electron chi connectivity index (χ4n) is 1.25. The van der Waals surface area contributed by atoms with Gasteiger partial charge in [0.25, 0.3) is 0 Å². The van der Waals surface area contributed by atoms with Crippen LogP contribution >= 0.6 is 11.6 Å². The van der Waals surface area contributed by atoms with Gasteiger partial charge in [0.1, 0.15) is 5.84 Å². The number of para-hydroxylation sites is 1. The maximum atomic E-state index is 11.9. The molecule has 0 aliphatic heterocycles. The van der Waals surface area contributed by atoms with E-state index in [0.717, 1.165) is 0 Å². The Morgan fingerprint density at radius 1 is 1.44 bits per heavy atom. The first-order valence-corrected chi connectivity index (χ1v) is 6.23. The predicted molar refractivity (Wildman–Crippen MR) is 73.6 cm³/mol. The second kappa shape index (κ2) is 7.01. The van der Waals surface area contributed by atoms with E-state index < -0.39 is 5.97 Å². The minimum Gasteiger partial charge on any atom is -0.462 e. The van der Waals surface area contributed by atoms with Crippen molar-refractivity contribution < 1.29 is 9.53 Å². The standard InChI is InChI=1S/C13H17ClN2O2/c1-9(2)8-18-13(17)10-5-3-4-6-11(10)16-12(15)7-14/h3-6,9H,7-8H2,1-2H3,(H2,15,16). The number of carbonyl (C=O) groups is 1. The van der Waals surface area contributed by atoms with Crippen LogP contribution in [0.2, 0.25) is 0 Å². The third-order valence-electron chi connectivity index (χ3n) is 2.07. The highest BCUT2D eigenvalue weighted by molar-refractivity contribution is 6.28. The molecule has 0 atom stereocenters. The van der Waals surface area contributed by atoms with Gasteiger partial charge in [-0.3, -0.25) is 0 Å². The largest absolute Gasteiger partial charge is 0.462 e. The zero-order valence-electron chi connectivity index (χ0n) is 10.5. The Morgan fingerprint density at radius 2 is 2.11 bits per heavy atom. The van der Waals surface area contributed by atoms with Crippen molar-refractivity contribution in [1.29, 1.82) is 0 Å². The first-order chi connectivity index (χ1) is 8.54. The summed E-state index contributed by atoms with van der Waals surface area (Å²) in [6.07, 6.45) is 0. The summed E-state index contributed by atoms with van der Waals surface area (Å²) in [4.78, 5) is 16.0. The van der Waals surface area contributed by atoms with E-state index in [0.29, 0.717) is 17.9 Å². The summed E-state index contributed by atoms with van der Waals surface area (Å²) in [6.45, 7) is 4.33. The molecular formula is C13H17ClN2O2. The molecule has 0 bridgehead atoms. The zero-order chi connectivity index (χ0) is 13.5. The number of hydrogen-bond acceptors (Lipinski definition) is 3. The van der Waals surface area contributed by atoms with Crippen LogP contribution in [0, 0.1) is 5.92 Å². The number of aliphatic imine (C=N–C) groups is 1. The molecule has 0 saturated carbocycles. The molecule has 5 heteroatoms. The average molecular weight is 269 g/mol. The highest BCUT2D eigenvalue weighted by atomic mass is 35.5. The molecule has 4 nitrogen and oxygen atoms in total. The first-order valence-electron chi connectivity index (χ1n) is 5.69. The second-order valence-electron chi connectivity index (χ2n) is 4.25. The van der Waals surface area contributed by atoms with Crippen molar-refractivity contribution in [1.82, 2.24) is 0 Å². The topological polar surface area (TPSA) is 64.7 Å². The van der Waals surface area contributed by atoms with E-state index in [4.69, 9.17) is 22.1 Å². The minimum absolute atomic E-state index is 0.120. The van der Waals surface area contributed by atoms with Crippen LogP contribution in [0.1, 0.15) is 24.2 Å². The molecule has 0 unspecified atom stereocenters. The summed E-state index contributed by atoms with van der Waals surface area (Å²) >= 11 is 5.56. The summed E-state index contributed by atoms with van der Waals surface area (Å²) in [6, 6.07) is 6.88. The molecule has 0 aromatic heterocycles. The van der Waals surface area contributed by atoms with Crippen LogP contribution in [0.25, 0.3) is 0 Å². The smallest absolute Gasteiger partial charge is 0.340 e. The molecule has 0 heterocycles. The Bertz CT molecular complexity index is 444. The summed E-state index contributed by atoms with van der Waals surface area (Å²) < 4.78 is 5.16. The lowest BCUT2D eigenvalue weighted by Crippen LogP contribution is -2.14. The van der Waals surface area contributed by atoms with Crippen LogP contribution in [-0.4, -0.2) is 24.3 Å². The number of rotatable bonds is 5. The first kappa shape index (κ1) is 14.5. The van der Waals surface area contributed by atoms with Crippen LogP contribution in [0.15, 0.2) is 29.3 Å². The van der Waals surface area contributed by atoms with Gasteiger partial charge < -0.3 is 10.5 Å². The molecule has 0 amide bonds. The van der Waals surface area contributed by atoms with Gasteiger partial charge in [-0.1, -0.05) is 26.0 Å². The molecule has 2 N–H and O–H groups in total. The molecule has 0 fully saturated rings. The van der Waals surface area contributed by atoms with Gasteiger partial charge in [-0.25, -0.2) is 9.79 Å². The van der Waals surface area contributed by atoms with Crippen molar-refractivity contribution in [2.24, 2.45) is 16.6 Å². The molecule has 1 aromatic rings. The highest BCUT2D eigenvalue weighted by Crippen LogP contribution is 2.20. The summed E-state index contributed by atoms with van der Waals surface area (Å²) in [5, 5.41) is 0. The molecule has 0 aliphatic rings. The normalized spacial score (nSPS) is 11.7. The third kappa shape index (κ3) is 4.37. The summed E-state index contributed by atoms with van der Waals surface area (Å²) in [5.74, 6) is 0.277. The maximum Gasteiger partial charge on any atom is 0.340 e. The number of nitrogens with zero attached hydrogens (tertiary/aromatic N) is 1. The fourth-order valence-corrected chi connectivity index (χ4v) is 1.31. The Hall–Kier alpha value is -1.55. The SMILES string of the molecule is CC(C)COC(=O)c1ccccc1N=C(N)CCl. The van der Waals surface area contributed by atoms with Crippen molar-refractivity contribution in [3.05, 3.63) is 29.8 Å². The van der Waals surface area contributed by atoms with Gasteiger partial charge in [0, 0.05) is 0 Å². The van der Waals surface area contributed by atoms with E-state index in [2.05, 4.69) is 4.99 Å². The number of alkyl halides is 1. The van der Waals surface area contributed by atoms with E-state index in [1.165, 1.54) is 0 Å². The molecule has 0 spiro atoms. The van der Waals surface area contributed by atoms with Gasteiger partial charge in [0.2, 0.25) is 0 Å². The van der Waals surface area contributed by atoms with Gasteiger partial charge in [0.15, 0.2) is 0 Å². The van der Waals surface area contributed by atoms with Crippen molar-refractivity contribution in [2.75, 3.05) is 12.5 Å². The minimum atomic E-state index is -0.398. The second-order valence-corrected chi connectivity index (χ2v) is 4.51. The number of carbonyl (C=O) groups excluding carboxylic acids is 1. The van der Waals surface area contributed by atoms with Gasteiger partial charge in [0.05, 0.1) is 23.7 Å². The fraction of sp³-hybridized carbons (Fsp3) is 0.385. The Kier molecular flexibility index (Phi) is 5.65. The summed E-state index contributed by atoms with van der Waals surface area (Å²) in [5.41, 5.74) is 6.43. The third-order valence-corrected chi connectivity index (χ3v) is 2.35. The highest BCUT2D eigenvalue weighted by Gasteiger charge is 2.12. The monoisotopic (exact) mass is 268 g/mol. The van der Waals surface area contributed by atoms with Crippen molar-refractivity contribution in [3.8, 4) is 0 Å². The Morgan fingerprint density at radius 3 is 2.72 bits per heavy atom. The molecule has 0 saturated heterocycles. The molecule has 0 aliphatic carbocycles. The number of benzene rings is 1. The van der Waals surface area contributed by atoms with Gasteiger partial charge in [-0.15, -0.1) is 11.6 Å². The lowest BCUT2D eigenvalue weighted by Gasteiger charge is -2.09. The molecule has 18 heavy (non-hydrogen) atoms. The molecule has 0 radical (unpaired) electrons. The predicted octanol–water partition coefficient (Wildman–Crippen LogP) is 2.73. The van der Waals surface area contributed by atoms with Crippen molar-refractivity contribution in [2.45, 2.75) is 13.8 Å². The lowest BCUT2D eigenvalue weighted by atomic mass is 10.2. The zero-order valence-corrected chi connectivity index (χ0v) is 11.3. The molecular weight excluding hydrogens is 252 g/mol. The van der Waals surface area contributed by atoms with E-state index in [1.54, 1.807) is 24.3 Å². The van der Waals surface area contributed by atoms with Crippen molar-refractivity contribution in [3.63, 3.8) is 0 Å². The number of halogens is 1. The lowest BCUT2D eigenvalue weighted by molar-refractivity contribution is 0.0460. The van der Waals surface area contributed by atoms with Crippen molar-refractivity contribution >= 4 is 29.1 Å². The average Bonchev–Trinajstić information content (AvgIpc) is 2.36. The van der Waals surface area contributed by atoms with E-state index in [9.17, 15) is 4.79 Å². The van der Waals surface area contributed by atoms with Crippen LogP contribution in [-0.2, 0) is 4.74 Å². The van der Waals surface area contributed by atoms with Gasteiger partial charge in [-0.2, -0.15) is 0 Å². The molecule has 1 aromatic carbocycles. The van der Waals surface area contributed by atoms with Crippen LogP contribution in [0.4, 0.5) is 5.69 Å². The number of esters is 1. The van der Waals surface area contributed by atoms with E-state index >= 15 is 0 Å². The quantitative estimate of drug-likeness (QED) is 0.386. The molecule has 98 valence electrons. The number of hydrogen-bond donors (Lipinski definition) is 1. The number of nitrogens with two attached hydrogens (primary N) is 1. The Balaban J connectivity index is 2.91. The Labute approximate surface area is 112 Å². The van der Waals surface area contributed by atoms with Crippen LogP contribution < -0.4 is 5.73 Å². The maximum absolute atomic E-state index is 11.9. The summed E-state index contributed by atoms with van der Waals surface area (Å²) in [7, 11) is 0. The van der Waals surface area contributed by atoms with Gasteiger partial charge in [-0.05, 0) is 18.1 Å². The number of amidine groups is 1. The van der Waals surface area contributed by atoms with E-state index in [1.807, 2.05) is 13.8 Å². The van der Waals surface area contributed by atoms with E-state index in [-0.39, 0.29) is 17.6 Å². The van der Waals surface area contributed by atoms with Crippen LogP contribution in [0.5, 0.6) is 0 Å². The van der Waals surface area contributed by atoms with Crippen LogP contribution in [0.3, 0.4) is 0 Å². The number of ether oxygens (including phenoxy) is 1.